The van der Waals surface area contributed by atoms with Gasteiger partial charge in [0, 0.05) is 27.8 Å². The predicted molar refractivity (Wildman–Crippen MR) is 82.6 cm³/mol. The minimum atomic E-state index is 0.630. The van der Waals surface area contributed by atoms with E-state index < -0.39 is 0 Å². The summed E-state index contributed by atoms with van der Waals surface area (Å²) in [7, 11) is 2.21. The van der Waals surface area contributed by atoms with Gasteiger partial charge in [0.05, 0.1) is 0 Å². The summed E-state index contributed by atoms with van der Waals surface area (Å²) >= 11 is 9.75. The molecule has 1 aliphatic rings. The van der Waals surface area contributed by atoms with Gasteiger partial charge in [-0.1, -0.05) is 18.0 Å². The van der Waals surface area contributed by atoms with Crippen molar-refractivity contribution in [1.82, 2.24) is 4.90 Å². The van der Waals surface area contributed by atoms with Gasteiger partial charge in [0.2, 0.25) is 0 Å². The highest BCUT2D eigenvalue weighted by Crippen LogP contribution is 2.29. The van der Waals surface area contributed by atoms with Crippen LogP contribution in [0.5, 0.6) is 0 Å². The lowest BCUT2D eigenvalue weighted by molar-refractivity contribution is 0.194. The molecule has 1 aromatic carbocycles. The average molecular weight is 332 g/mol. The molecule has 1 unspecified atom stereocenters. The van der Waals surface area contributed by atoms with Gasteiger partial charge in [0.15, 0.2) is 0 Å². The molecule has 2 rings (SSSR count). The van der Waals surface area contributed by atoms with Gasteiger partial charge in [0.1, 0.15) is 0 Å². The first kappa shape index (κ1) is 14.2. The van der Waals surface area contributed by atoms with E-state index in [0.29, 0.717) is 6.04 Å². The Morgan fingerprint density at radius 1 is 1.44 bits per heavy atom. The molecule has 1 aliphatic heterocycles. The molecule has 18 heavy (non-hydrogen) atoms. The normalized spacial score (nSPS) is 21.0. The Morgan fingerprint density at radius 3 is 2.94 bits per heavy atom. The third-order valence-corrected chi connectivity index (χ3v) is 4.76. The number of benzene rings is 1. The Hall–Kier alpha value is -0.250. The van der Waals surface area contributed by atoms with E-state index in [2.05, 4.69) is 39.3 Å². The van der Waals surface area contributed by atoms with E-state index in [9.17, 15) is 0 Å². The van der Waals surface area contributed by atoms with Crippen molar-refractivity contribution >= 4 is 33.2 Å². The van der Waals surface area contributed by atoms with E-state index in [1.807, 2.05) is 13.0 Å². The summed E-state index contributed by atoms with van der Waals surface area (Å²) in [5.74, 6) is 0. The fourth-order valence-electron chi connectivity index (χ4n) is 2.41. The standard InChI is InChI=1S/C14H20BrClN2/c1-10-7-12(15)14(8-13(10)16)17-9-11-5-3-4-6-18(11)2/h7-8,11,17H,3-6,9H2,1-2H3. The van der Waals surface area contributed by atoms with Gasteiger partial charge in [-0.25, -0.2) is 0 Å². The maximum Gasteiger partial charge on any atom is 0.0500 e. The van der Waals surface area contributed by atoms with Crippen LogP contribution in [0.4, 0.5) is 5.69 Å². The SMILES string of the molecule is Cc1cc(Br)c(NCC2CCCCN2C)cc1Cl. The summed E-state index contributed by atoms with van der Waals surface area (Å²) in [5.41, 5.74) is 2.19. The summed E-state index contributed by atoms with van der Waals surface area (Å²) in [5, 5.41) is 4.33. The third-order valence-electron chi connectivity index (χ3n) is 3.70. The Labute approximate surface area is 123 Å². The number of piperidine rings is 1. The van der Waals surface area contributed by atoms with Gasteiger partial charge in [0.25, 0.3) is 0 Å². The third kappa shape index (κ3) is 3.40. The van der Waals surface area contributed by atoms with Gasteiger partial charge >= 0.3 is 0 Å². The summed E-state index contributed by atoms with van der Waals surface area (Å²) in [6, 6.07) is 4.70. The lowest BCUT2D eigenvalue weighted by Crippen LogP contribution is -2.40. The van der Waals surface area contributed by atoms with Crippen molar-refractivity contribution < 1.29 is 0 Å². The molecule has 0 radical (unpaired) electrons. The zero-order valence-corrected chi connectivity index (χ0v) is 13.3. The number of halogens is 2. The lowest BCUT2D eigenvalue weighted by Gasteiger charge is -2.32. The molecule has 2 nitrogen and oxygen atoms in total. The number of rotatable bonds is 3. The number of hydrogen-bond acceptors (Lipinski definition) is 2. The Morgan fingerprint density at radius 2 is 2.22 bits per heavy atom. The maximum atomic E-state index is 6.16. The number of likely N-dealkylation sites (N-methyl/N-ethyl adjacent to an activating group) is 1. The second-order valence-corrected chi connectivity index (χ2v) is 6.35. The van der Waals surface area contributed by atoms with Crippen molar-refractivity contribution in [3.63, 3.8) is 0 Å². The average Bonchev–Trinajstić information content (AvgIpc) is 2.34. The highest BCUT2D eigenvalue weighted by atomic mass is 79.9. The van der Waals surface area contributed by atoms with Crippen LogP contribution >= 0.6 is 27.5 Å². The molecule has 1 heterocycles. The lowest BCUT2D eigenvalue weighted by atomic mass is 10.0. The van der Waals surface area contributed by atoms with E-state index in [4.69, 9.17) is 11.6 Å². The molecule has 0 spiro atoms. The van der Waals surface area contributed by atoms with Crippen LogP contribution in [-0.4, -0.2) is 31.1 Å². The molecule has 0 aliphatic carbocycles. The molecule has 4 heteroatoms. The number of hydrogen-bond donors (Lipinski definition) is 1. The van der Waals surface area contributed by atoms with E-state index in [-0.39, 0.29) is 0 Å². The van der Waals surface area contributed by atoms with Crippen LogP contribution in [0.2, 0.25) is 5.02 Å². The number of likely N-dealkylation sites (tertiary alicyclic amines) is 1. The van der Waals surface area contributed by atoms with Gasteiger partial charge in [-0.15, -0.1) is 0 Å². The Kier molecular flexibility index (Phi) is 4.93. The first-order chi connectivity index (χ1) is 8.58. The van der Waals surface area contributed by atoms with Gasteiger partial charge < -0.3 is 10.2 Å². The van der Waals surface area contributed by atoms with Crippen molar-refractivity contribution in [1.29, 1.82) is 0 Å². The Bertz CT molecular complexity index is 423. The van der Waals surface area contributed by atoms with Crippen molar-refractivity contribution in [2.24, 2.45) is 0 Å². The number of aryl methyl sites for hydroxylation is 1. The van der Waals surface area contributed by atoms with E-state index >= 15 is 0 Å². The molecule has 0 saturated carbocycles. The smallest absolute Gasteiger partial charge is 0.0500 e. The zero-order chi connectivity index (χ0) is 13.1. The first-order valence-electron chi connectivity index (χ1n) is 6.47. The van der Waals surface area contributed by atoms with E-state index in [1.165, 1.54) is 25.8 Å². The van der Waals surface area contributed by atoms with Crippen LogP contribution < -0.4 is 5.32 Å². The maximum absolute atomic E-state index is 6.16. The van der Waals surface area contributed by atoms with Crippen LogP contribution in [-0.2, 0) is 0 Å². The minimum Gasteiger partial charge on any atom is -0.383 e. The van der Waals surface area contributed by atoms with E-state index in [1.54, 1.807) is 0 Å². The largest absolute Gasteiger partial charge is 0.383 e. The molecule has 1 aromatic rings. The number of anilines is 1. The Balaban J connectivity index is 1.99. The number of nitrogens with zero attached hydrogens (tertiary/aromatic N) is 1. The molecule has 100 valence electrons. The quantitative estimate of drug-likeness (QED) is 0.888. The van der Waals surface area contributed by atoms with Crippen molar-refractivity contribution in [2.75, 3.05) is 25.5 Å². The van der Waals surface area contributed by atoms with Crippen molar-refractivity contribution in [2.45, 2.75) is 32.2 Å². The highest BCUT2D eigenvalue weighted by Gasteiger charge is 2.18. The molecule has 0 amide bonds. The van der Waals surface area contributed by atoms with Crippen LogP contribution in [0.25, 0.3) is 0 Å². The van der Waals surface area contributed by atoms with Gasteiger partial charge in [-0.2, -0.15) is 0 Å². The molecule has 1 fully saturated rings. The monoisotopic (exact) mass is 330 g/mol. The summed E-state index contributed by atoms with van der Waals surface area (Å²) in [6.45, 7) is 4.21. The molecular weight excluding hydrogens is 312 g/mol. The second kappa shape index (κ2) is 6.27. The first-order valence-corrected chi connectivity index (χ1v) is 7.65. The predicted octanol–water partition coefficient (Wildman–Crippen LogP) is 4.31. The molecular formula is C14H20BrClN2. The summed E-state index contributed by atoms with van der Waals surface area (Å²) in [4.78, 5) is 2.44. The molecule has 1 atom stereocenters. The van der Waals surface area contributed by atoms with Crippen LogP contribution in [0.1, 0.15) is 24.8 Å². The van der Waals surface area contributed by atoms with Crippen molar-refractivity contribution in [3.8, 4) is 0 Å². The topological polar surface area (TPSA) is 15.3 Å². The fourth-order valence-corrected chi connectivity index (χ4v) is 3.17. The van der Waals surface area contributed by atoms with Crippen LogP contribution in [0, 0.1) is 6.92 Å². The second-order valence-electron chi connectivity index (χ2n) is 5.09. The molecule has 0 aromatic heterocycles. The van der Waals surface area contributed by atoms with Crippen LogP contribution in [0.15, 0.2) is 16.6 Å². The summed E-state index contributed by atoms with van der Waals surface area (Å²) < 4.78 is 1.09. The zero-order valence-electron chi connectivity index (χ0n) is 11.0. The fraction of sp³-hybridized carbons (Fsp3) is 0.571. The van der Waals surface area contributed by atoms with E-state index in [0.717, 1.165) is 27.3 Å². The van der Waals surface area contributed by atoms with Crippen LogP contribution in [0.3, 0.4) is 0 Å². The summed E-state index contributed by atoms with van der Waals surface area (Å²) in [6.07, 6.45) is 3.94. The minimum absolute atomic E-state index is 0.630. The van der Waals surface area contributed by atoms with Gasteiger partial charge in [-0.3, -0.25) is 0 Å². The molecule has 1 N–H and O–H groups in total. The van der Waals surface area contributed by atoms with Gasteiger partial charge in [-0.05, 0) is 67.0 Å². The number of nitrogens with one attached hydrogen (secondary N) is 1. The highest BCUT2D eigenvalue weighted by molar-refractivity contribution is 9.10. The van der Waals surface area contributed by atoms with Crippen molar-refractivity contribution in [3.05, 3.63) is 27.2 Å². The molecule has 0 bridgehead atoms. The molecule has 1 saturated heterocycles.